The molecule has 1 aromatic carbocycles. The van der Waals surface area contributed by atoms with Crippen molar-refractivity contribution in [3.63, 3.8) is 0 Å². The first-order chi connectivity index (χ1) is 9.79. The fraction of sp³-hybridized carbons (Fsp3) is 0.385. The summed E-state index contributed by atoms with van der Waals surface area (Å²) in [5.74, 6) is -2.46. The normalized spacial score (nSPS) is 18.5. The number of amides is 2. The van der Waals surface area contributed by atoms with E-state index in [2.05, 4.69) is 0 Å². The van der Waals surface area contributed by atoms with E-state index in [9.17, 15) is 22.6 Å². The van der Waals surface area contributed by atoms with E-state index >= 15 is 0 Å². The fourth-order valence-electron chi connectivity index (χ4n) is 2.26. The van der Waals surface area contributed by atoms with Crippen LogP contribution >= 0.6 is 0 Å². The van der Waals surface area contributed by atoms with Gasteiger partial charge in [0, 0.05) is 7.05 Å². The summed E-state index contributed by atoms with van der Waals surface area (Å²) in [5.41, 5.74) is 0.843. The van der Waals surface area contributed by atoms with E-state index in [0.717, 1.165) is 15.6 Å². The molecule has 1 aliphatic heterocycles. The van der Waals surface area contributed by atoms with Crippen molar-refractivity contribution in [3.8, 4) is 0 Å². The van der Waals surface area contributed by atoms with E-state index in [1.165, 1.54) is 7.05 Å². The van der Waals surface area contributed by atoms with Gasteiger partial charge in [-0.3, -0.25) is 19.6 Å². The summed E-state index contributed by atoms with van der Waals surface area (Å²) in [6, 6.07) is 9.07. The number of carbonyl (C=O) groups is 2. The number of nitrogens with zero attached hydrogens (tertiary/aromatic N) is 2. The minimum absolute atomic E-state index is 0. The molecule has 1 heterocycles. The second-order valence-corrected chi connectivity index (χ2v) is 6.35. The van der Waals surface area contributed by atoms with Gasteiger partial charge in [-0.05, 0) is 12.0 Å². The molecule has 0 spiro atoms. The van der Waals surface area contributed by atoms with Crippen molar-refractivity contribution in [2.45, 2.75) is 6.42 Å². The Kier molecular flexibility index (Phi) is 6.57. The Labute approximate surface area is 151 Å². The minimum atomic E-state index is -4.43. The third-order valence-corrected chi connectivity index (χ3v) is 4.05. The van der Waals surface area contributed by atoms with Gasteiger partial charge >= 0.3 is 29.6 Å². The Morgan fingerprint density at radius 3 is 2.27 bits per heavy atom. The largest absolute Gasteiger partial charge is 1.00 e. The van der Waals surface area contributed by atoms with Gasteiger partial charge in [-0.2, -0.15) is 0 Å². The molecule has 2 rings (SSSR count). The maximum absolute atomic E-state index is 12.2. The van der Waals surface area contributed by atoms with Gasteiger partial charge in [0.25, 0.3) is 11.8 Å². The molecule has 0 radical (unpaired) electrons. The summed E-state index contributed by atoms with van der Waals surface area (Å²) in [6.45, 7) is -0.307. The molecule has 2 amide bonds. The summed E-state index contributed by atoms with van der Waals surface area (Å²) < 4.78 is 32.0. The third kappa shape index (κ3) is 4.53. The van der Waals surface area contributed by atoms with Gasteiger partial charge in [-0.25, -0.2) is 8.42 Å². The molecule has 1 atom stereocenters. The Morgan fingerprint density at radius 1 is 1.14 bits per heavy atom. The smallest absolute Gasteiger partial charge is 0.748 e. The quantitative estimate of drug-likeness (QED) is 0.318. The van der Waals surface area contributed by atoms with Gasteiger partial charge in [0.2, 0.25) is 0 Å². The zero-order valence-corrected chi connectivity index (χ0v) is 15.2. The first kappa shape index (κ1) is 19.1. The van der Waals surface area contributed by atoms with Crippen LogP contribution in [0.3, 0.4) is 0 Å². The summed E-state index contributed by atoms with van der Waals surface area (Å²) in [7, 11) is -3.04. The molecule has 1 saturated heterocycles. The number of rotatable bonds is 5. The van der Waals surface area contributed by atoms with Crippen LogP contribution in [0, 0.1) is 5.92 Å². The summed E-state index contributed by atoms with van der Waals surface area (Å²) in [4.78, 5) is 24.3. The molecule has 0 saturated carbocycles. The monoisotopic (exact) mass is 334 g/mol. The topological polar surface area (TPSA) is 97.8 Å². The van der Waals surface area contributed by atoms with Gasteiger partial charge in [-0.1, -0.05) is 30.3 Å². The molecule has 1 aromatic rings. The zero-order chi connectivity index (χ0) is 15.6. The van der Waals surface area contributed by atoms with Gasteiger partial charge < -0.3 is 4.55 Å². The van der Waals surface area contributed by atoms with Crippen LogP contribution in [0.1, 0.15) is 5.56 Å². The van der Waals surface area contributed by atoms with E-state index in [0.29, 0.717) is 0 Å². The molecule has 1 unspecified atom stereocenters. The molecule has 7 nitrogen and oxygen atoms in total. The maximum atomic E-state index is 12.2. The van der Waals surface area contributed by atoms with Gasteiger partial charge in [0.05, 0.1) is 22.4 Å². The molecular formula is C13H15N2NaO5S. The average Bonchev–Trinajstić information content (AvgIpc) is 2.61. The van der Waals surface area contributed by atoms with E-state index < -0.39 is 33.6 Å². The number of hydrogen-bond acceptors (Lipinski definition) is 5. The van der Waals surface area contributed by atoms with Crippen molar-refractivity contribution in [1.82, 2.24) is 10.0 Å². The molecule has 0 aliphatic carbocycles. The second-order valence-electron chi connectivity index (χ2n) is 4.83. The molecule has 0 N–H and O–H groups in total. The van der Waals surface area contributed by atoms with Crippen LogP contribution < -0.4 is 29.6 Å². The molecule has 0 bridgehead atoms. The van der Waals surface area contributed by atoms with Crippen LogP contribution in [0.5, 0.6) is 0 Å². The fourth-order valence-corrected chi connectivity index (χ4v) is 2.66. The first-order valence-corrected chi connectivity index (χ1v) is 7.93. The van der Waals surface area contributed by atoms with Crippen molar-refractivity contribution in [1.29, 1.82) is 0 Å². The van der Waals surface area contributed by atoms with Crippen molar-refractivity contribution in [2.75, 3.05) is 19.3 Å². The Bertz CT molecular complexity index is 650. The molecule has 9 heteroatoms. The van der Waals surface area contributed by atoms with Crippen LogP contribution in [0.4, 0.5) is 0 Å². The minimum Gasteiger partial charge on any atom is -0.748 e. The summed E-state index contributed by atoms with van der Waals surface area (Å²) in [6.07, 6.45) is 0.253. The predicted molar refractivity (Wildman–Crippen MR) is 72.7 cm³/mol. The summed E-state index contributed by atoms with van der Waals surface area (Å²) in [5, 5.41) is 2.10. The first-order valence-electron chi connectivity index (χ1n) is 6.36. The molecule has 1 fully saturated rings. The number of hydrazine groups is 1. The van der Waals surface area contributed by atoms with Crippen molar-refractivity contribution in [3.05, 3.63) is 35.9 Å². The molecule has 1 aliphatic rings. The van der Waals surface area contributed by atoms with E-state index in [-0.39, 0.29) is 42.5 Å². The number of hydrogen-bond donors (Lipinski definition) is 0. The predicted octanol–water partition coefficient (Wildman–Crippen LogP) is -3.39. The van der Waals surface area contributed by atoms with Crippen molar-refractivity contribution >= 4 is 21.9 Å². The molecule has 0 aromatic heterocycles. The average molecular weight is 334 g/mol. The van der Waals surface area contributed by atoms with Crippen LogP contribution in [0.2, 0.25) is 0 Å². The third-order valence-electron chi connectivity index (χ3n) is 3.37. The van der Waals surface area contributed by atoms with E-state index in [1.807, 2.05) is 30.3 Å². The maximum Gasteiger partial charge on any atom is 1.00 e. The standard InChI is InChI=1S/C13H16N2O5S.Na/c1-14-12(16)11(9-10-5-3-2-4-6-10)13(17)15(14)7-8-21(18,19)20;/h2-6,11H,7-9H2,1H3,(H,18,19,20);/q;+1/p-1. The van der Waals surface area contributed by atoms with Crippen LogP contribution in [-0.2, 0) is 26.1 Å². The number of benzene rings is 1. The summed E-state index contributed by atoms with van der Waals surface area (Å²) >= 11 is 0. The molecule has 114 valence electrons. The zero-order valence-electron chi connectivity index (χ0n) is 12.4. The van der Waals surface area contributed by atoms with Crippen LogP contribution in [0.25, 0.3) is 0 Å². The Balaban J connectivity index is 0.00000242. The molecular weight excluding hydrogens is 319 g/mol. The Morgan fingerprint density at radius 2 is 1.73 bits per heavy atom. The van der Waals surface area contributed by atoms with E-state index in [4.69, 9.17) is 0 Å². The second kappa shape index (κ2) is 7.56. The van der Waals surface area contributed by atoms with E-state index in [1.54, 1.807) is 0 Å². The van der Waals surface area contributed by atoms with Gasteiger partial charge in [0.15, 0.2) is 0 Å². The number of carbonyl (C=O) groups excluding carboxylic acids is 2. The van der Waals surface area contributed by atoms with Gasteiger partial charge in [0.1, 0.15) is 5.92 Å². The van der Waals surface area contributed by atoms with Crippen LogP contribution in [-0.4, -0.2) is 54.1 Å². The molecule has 22 heavy (non-hydrogen) atoms. The van der Waals surface area contributed by atoms with Gasteiger partial charge in [-0.15, -0.1) is 0 Å². The van der Waals surface area contributed by atoms with Crippen molar-refractivity contribution < 1.29 is 52.1 Å². The van der Waals surface area contributed by atoms with Crippen molar-refractivity contribution in [2.24, 2.45) is 5.92 Å². The SMILES string of the molecule is CN1C(=O)C(Cc2ccccc2)C(=O)N1CCS(=O)(=O)[O-].[Na+]. The Hall–Kier alpha value is -0.930. The van der Waals surface area contributed by atoms with Crippen LogP contribution in [0.15, 0.2) is 30.3 Å².